The first kappa shape index (κ1) is 20.0. The molecule has 0 aliphatic rings. The van der Waals surface area contributed by atoms with E-state index in [0.717, 1.165) is 5.56 Å². The summed E-state index contributed by atoms with van der Waals surface area (Å²) in [6, 6.07) is 19.3. The Morgan fingerprint density at radius 3 is 2.55 bits per heavy atom. The number of hydrogen-bond acceptors (Lipinski definition) is 6. The molecule has 0 aliphatic carbocycles. The van der Waals surface area contributed by atoms with E-state index in [1.54, 1.807) is 41.8 Å². The van der Waals surface area contributed by atoms with Gasteiger partial charge in [-0.1, -0.05) is 48.5 Å². The van der Waals surface area contributed by atoms with Crippen molar-refractivity contribution in [2.45, 2.75) is 6.54 Å². The molecule has 3 aromatic rings. The fourth-order valence-corrected chi connectivity index (χ4v) is 2.88. The van der Waals surface area contributed by atoms with Crippen molar-refractivity contribution in [1.29, 1.82) is 0 Å². The quantitative estimate of drug-likeness (QED) is 0.216. The van der Waals surface area contributed by atoms with Gasteiger partial charge in [-0.05, 0) is 34.7 Å². The second-order valence-electron chi connectivity index (χ2n) is 5.81. The molecule has 3 rings (SSSR count). The molecular formula is C21H17N3O4S. The van der Waals surface area contributed by atoms with E-state index in [4.69, 9.17) is 4.74 Å². The van der Waals surface area contributed by atoms with Crippen LogP contribution in [0, 0.1) is 0 Å². The number of nitrogens with one attached hydrogen (secondary N) is 2. The zero-order valence-electron chi connectivity index (χ0n) is 15.2. The number of amides is 2. The zero-order chi connectivity index (χ0) is 20.5. The van der Waals surface area contributed by atoms with Crippen LogP contribution in [0.3, 0.4) is 0 Å². The highest BCUT2D eigenvalue weighted by Gasteiger charge is 2.12. The summed E-state index contributed by atoms with van der Waals surface area (Å²) in [6.07, 6.45) is 1.35. The van der Waals surface area contributed by atoms with Crippen LogP contribution in [0.2, 0.25) is 0 Å². The van der Waals surface area contributed by atoms with Gasteiger partial charge in [-0.15, -0.1) is 11.3 Å². The van der Waals surface area contributed by atoms with Gasteiger partial charge in [0.25, 0.3) is 0 Å². The summed E-state index contributed by atoms with van der Waals surface area (Å²) in [7, 11) is 0. The molecule has 1 aromatic heterocycles. The number of nitrogens with zero attached hydrogens (tertiary/aromatic N) is 1. The second-order valence-corrected chi connectivity index (χ2v) is 6.75. The molecule has 2 N–H and O–H groups in total. The Kier molecular flexibility index (Phi) is 6.85. The molecule has 0 aliphatic heterocycles. The van der Waals surface area contributed by atoms with E-state index in [-0.39, 0.29) is 6.54 Å². The molecule has 1 heterocycles. The van der Waals surface area contributed by atoms with Crippen molar-refractivity contribution in [2.24, 2.45) is 5.10 Å². The van der Waals surface area contributed by atoms with Crippen LogP contribution in [0.25, 0.3) is 0 Å². The third-order valence-electron chi connectivity index (χ3n) is 3.67. The molecule has 0 bridgehead atoms. The van der Waals surface area contributed by atoms with E-state index >= 15 is 0 Å². The summed E-state index contributed by atoms with van der Waals surface area (Å²) in [5.41, 5.74) is 3.63. The Morgan fingerprint density at radius 1 is 0.966 bits per heavy atom. The predicted octanol–water partition coefficient (Wildman–Crippen LogP) is 2.73. The molecule has 0 fully saturated rings. The minimum atomic E-state index is -0.877. The number of benzene rings is 2. The Bertz CT molecular complexity index is 1020. The lowest BCUT2D eigenvalue weighted by molar-refractivity contribution is -0.139. The highest BCUT2D eigenvalue weighted by atomic mass is 32.1. The van der Waals surface area contributed by atoms with Crippen LogP contribution in [0.4, 0.5) is 0 Å². The average molecular weight is 407 g/mol. The third kappa shape index (κ3) is 6.12. The van der Waals surface area contributed by atoms with Crippen LogP contribution in [-0.4, -0.2) is 24.0 Å². The topological polar surface area (TPSA) is 96.9 Å². The smallest absolute Gasteiger partial charge is 0.353 e. The fourth-order valence-electron chi connectivity index (χ4n) is 2.29. The number of hydrazone groups is 1. The fraction of sp³-hybridized carbons (Fsp3) is 0.0476. The van der Waals surface area contributed by atoms with Crippen molar-refractivity contribution in [3.63, 3.8) is 0 Å². The van der Waals surface area contributed by atoms with Gasteiger partial charge in [-0.2, -0.15) is 5.10 Å². The van der Waals surface area contributed by atoms with Crippen molar-refractivity contribution in [2.75, 3.05) is 0 Å². The van der Waals surface area contributed by atoms with Crippen molar-refractivity contribution < 1.29 is 19.1 Å². The molecule has 8 heteroatoms. The molecule has 0 atom stereocenters. The highest BCUT2D eigenvalue weighted by Crippen LogP contribution is 2.16. The van der Waals surface area contributed by atoms with Crippen LogP contribution < -0.4 is 15.5 Å². The molecule has 0 saturated carbocycles. The van der Waals surface area contributed by atoms with E-state index in [0.29, 0.717) is 16.2 Å². The van der Waals surface area contributed by atoms with Crippen molar-refractivity contribution in [3.8, 4) is 5.75 Å². The summed E-state index contributed by atoms with van der Waals surface area (Å²) in [4.78, 5) is 36.1. The Labute approximate surface area is 171 Å². The van der Waals surface area contributed by atoms with Gasteiger partial charge in [0.2, 0.25) is 0 Å². The van der Waals surface area contributed by atoms with Gasteiger partial charge < -0.3 is 10.1 Å². The van der Waals surface area contributed by atoms with Crippen LogP contribution in [0.1, 0.15) is 20.8 Å². The first-order valence-corrected chi connectivity index (χ1v) is 9.51. The SMILES string of the molecule is O=C(NCc1ccccc1)C(=O)N/N=C/c1cccc(OC(=O)c2cccs2)c1. The van der Waals surface area contributed by atoms with Crippen molar-refractivity contribution in [3.05, 3.63) is 88.1 Å². The van der Waals surface area contributed by atoms with E-state index in [9.17, 15) is 14.4 Å². The number of ether oxygens (including phenoxy) is 1. The van der Waals surface area contributed by atoms with E-state index in [2.05, 4.69) is 15.8 Å². The Morgan fingerprint density at radius 2 is 1.79 bits per heavy atom. The van der Waals surface area contributed by atoms with Crippen molar-refractivity contribution >= 4 is 35.3 Å². The minimum absolute atomic E-state index is 0.245. The van der Waals surface area contributed by atoms with Gasteiger partial charge in [0.15, 0.2) is 0 Å². The number of rotatable bonds is 6. The second kappa shape index (κ2) is 9.95. The summed E-state index contributed by atoms with van der Waals surface area (Å²) < 4.78 is 5.30. The Hall–Kier alpha value is -3.78. The molecule has 29 heavy (non-hydrogen) atoms. The molecule has 0 radical (unpaired) electrons. The lowest BCUT2D eigenvalue weighted by Gasteiger charge is -2.04. The number of thiophene rings is 1. The number of carbonyl (C=O) groups excluding carboxylic acids is 3. The molecule has 0 spiro atoms. The van der Waals surface area contributed by atoms with Crippen LogP contribution in [-0.2, 0) is 16.1 Å². The summed E-state index contributed by atoms with van der Waals surface area (Å²) in [6.45, 7) is 0.245. The van der Waals surface area contributed by atoms with Gasteiger partial charge in [-0.3, -0.25) is 9.59 Å². The number of esters is 1. The largest absolute Gasteiger partial charge is 0.422 e. The molecule has 2 aromatic carbocycles. The first-order valence-electron chi connectivity index (χ1n) is 8.63. The lowest BCUT2D eigenvalue weighted by atomic mass is 10.2. The lowest BCUT2D eigenvalue weighted by Crippen LogP contribution is -2.37. The van der Waals surface area contributed by atoms with Gasteiger partial charge in [0, 0.05) is 6.54 Å². The van der Waals surface area contributed by atoms with Gasteiger partial charge >= 0.3 is 17.8 Å². The Balaban J connectivity index is 1.50. The third-order valence-corrected chi connectivity index (χ3v) is 4.52. The first-order chi connectivity index (χ1) is 14.1. The average Bonchev–Trinajstić information content (AvgIpc) is 3.28. The van der Waals surface area contributed by atoms with Gasteiger partial charge in [-0.25, -0.2) is 10.2 Å². The van der Waals surface area contributed by atoms with E-state index in [1.807, 2.05) is 30.3 Å². The van der Waals surface area contributed by atoms with Gasteiger partial charge in [0.1, 0.15) is 10.6 Å². The standard InChI is InChI=1S/C21H17N3O4S/c25-19(22-13-15-6-2-1-3-7-15)20(26)24-23-14-16-8-4-9-17(12-16)28-21(27)18-10-5-11-29-18/h1-12,14H,13H2,(H,22,25)(H,24,26)/b23-14+. The molecule has 0 saturated heterocycles. The van der Waals surface area contributed by atoms with Gasteiger partial charge in [0.05, 0.1) is 6.21 Å². The highest BCUT2D eigenvalue weighted by molar-refractivity contribution is 7.12. The summed E-state index contributed by atoms with van der Waals surface area (Å²) >= 11 is 1.29. The summed E-state index contributed by atoms with van der Waals surface area (Å²) in [5, 5.41) is 8.06. The molecule has 2 amide bonds. The maximum Gasteiger partial charge on any atom is 0.353 e. The van der Waals surface area contributed by atoms with Crippen LogP contribution in [0.15, 0.2) is 77.2 Å². The monoisotopic (exact) mass is 407 g/mol. The van der Waals surface area contributed by atoms with Crippen LogP contribution >= 0.6 is 11.3 Å². The maximum atomic E-state index is 12.0. The van der Waals surface area contributed by atoms with Crippen molar-refractivity contribution in [1.82, 2.24) is 10.7 Å². The maximum absolute atomic E-state index is 12.0. The number of hydrogen-bond donors (Lipinski definition) is 2. The van der Waals surface area contributed by atoms with Crippen LogP contribution in [0.5, 0.6) is 5.75 Å². The molecule has 0 unspecified atom stereocenters. The normalized spacial score (nSPS) is 10.5. The minimum Gasteiger partial charge on any atom is -0.422 e. The molecule has 7 nitrogen and oxygen atoms in total. The van der Waals surface area contributed by atoms with E-state index in [1.165, 1.54) is 17.6 Å². The molecular weight excluding hydrogens is 390 g/mol. The molecule has 146 valence electrons. The number of carbonyl (C=O) groups is 3. The van der Waals surface area contributed by atoms with E-state index < -0.39 is 17.8 Å². The summed E-state index contributed by atoms with van der Waals surface area (Å²) in [5.74, 6) is -1.76. The predicted molar refractivity (Wildman–Crippen MR) is 110 cm³/mol. The zero-order valence-corrected chi connectivity index (χ0v) is 16.0.